The highest BCUT2D eigenvalue weighted by Crippen LogP contribution is 2.47. The third-order valence-corrected chi connectivity index (χ3v) is 4.05. The van der Waals surface area contributed by atoms with Gasteiger partial charge in [-0.05, 0) is 30.9 Å². The molecule has 0 saturated heterocycles. The van der Waals surface area contributed by atoms with Gasteiger partial charge in [-0.25, -0.2) is 0 Å². The van der Waals surface area contributed by atoms with E-state index in [2.05, 4.69) is 10.0 Å². The van der Waals surface area contributed by atoms with Gasteiger partial charge in [-0.2, -0.15) is 0 Å². The van der Waals surface area contributed by atoms with Crippen molar-refractivity contribution in [3.05, 3.63) is 27.6 Å². The lowest BCUT2D eigenvalue weighted by molar-refractivity contribution is -0.147. The van der Waals surface area contributed by atoms with E-state index in [9.17, 15) is 4.79 Å². The molecule has 0 aromatic heterocycles. The summed E-state index contributed by atoms with van der Waals surface area (Å²) in [6.07, 6.45) is 1.11. The van der Waals surface area contributed by atoms with Crippen molar-refractivity contribution < 1.29 is 23.7 Å². The summed E-state index contributed by atoms with van der Waals surface area (Å²) >= 11 is 0. The normalized spacial score (nSPS) is 19.3. The fraction of sp³-hybridized carbons (Fsp3) is 0.562. The highest BCUT2D eigenvalue weighted by Gasteiger charge is 2.31. The molecule has 2 atom stereocenters. The Morgan fingerprint density at radius 1 is 1.25 bits per heavy atom. The van der Waals surface area contributed by atoms with E-state index >= 15 is 0 Å². The van der Waals surface area contributed by atoms with E-state index in [0.29, 0.717) is 36.5 Å². The average Bonchev–Trinajstić information content (AvgIpc) is 2.72. The number of benzene rings is 1. The molecular weight excluding hydrogens is 314 g/mol. The molecule has 1 aromatic rings. The quantitative estimate of drug-likeness (QED) is 0.270. The molecule has 0 saturated carbocycles. The van der Waals surface area contributed by atoms with Crippen molar-refractivity contribution in [1.82, 2.24) is 0 Å². The number of rotatable bonds is 5. The number of ether oxygens (including phenoxy) is 4. The Morgan fingerprint density at radius 3 is 2.50 bits per heavy atom. The van der Waals surface area contributed by atoms with Crippen LogP contribution in [0.15, 0.2) is 11.2 Å². The number of azide groups is 1. The molecule has 0 aliphatic heterocycles. The molecule has 8 heteroatoms. The van der Waals surface area contributed by atoms with Crippen molar-refractivity contribution in [3.8, 4) is 17.2 Å². The van der Waals surface area contributed by atoms with Crippen LogP contribution in [0.3, 0.4) is 0 Å². The van der Waals surface area contributed by atoms with Crippen molar-refractivity contribution in [2.45, 2.75) is 38.3 Å². The Labute approximate surface area is 140 Å². The third-order valence-electron chi connectivity index (χ3n) is 4.05. The van der Waals surface area contributed by atoms with Gasteiger partial charge in [0.25, 0.3) is 0 Å². The van der Waals surface area contributed by atoms with Crippen LogP contribution in [-0.4, -0.2) is 33.3 Å². The topological polar surface area (TPSA) is 103 Å². The van der Waals surface area contributed by atoms with Gasteiger partial charge in [-0.15, -0.1) is 0 Å². The van der Waals surface area contributed by atoms with E-state index in [1.165, 1.54) is 21.1 Å². The Hall–Kier alpha value is -2.60. The molecule has 0 N–H and O–H groups in total. The Morgan fingerprint density at radius 2 is 1.96 bits per heavy atom. The summed E-state index contributed by atoms with van der Waals surface area (Å²) in [5.41, 5.74) is 10.4. The van der Waals surface area contributed by atoms with E-state index in [0.717, 1.165) is 11.1 Å². The highest BCUT2D eigenvalue weighted by atomic mass is 16.5. The molecule has 1 aromatic carbocycles. The number of hydrogen-bond acceptors (Lipinski definition) is 6. The lowest BCUT2D eigenvalue weighted by atomic mass is 9.98. The van der Waals surface area contributed by atoms with E-state index in [4.69, 9.17) is 24.5 Å². The number of carbonyl (C=O) groups is 1. The standard InChI is InChI=1S/C16H21N3O5/c1-9(20)24-13-7-10(18-19-17)5-6-11-12(13)8-14(21-2)16(23-4)15(11)22-3/h8,10,13H,5-7H2,1-4H3/t10-,13?/m1/s1. The molecule has 0 radical (unpaired) electrons. The van der Waals surface area contributed by atoms with E-state index in [1.54, 1.807) is 13.2 Å². The molecule has 0 fully saturated rings. The maximum absolute atomic E-state index is 11.5. The summed E-state index contributed by atoms with van der Waals surface area (Å²) in [5.74, 6) is 1.13. The fourth-order valence-electron chi connectivity index (χ4n) is 3.07. The van der Waals surface area contributed by atoms with Crippen molar-refractivity contribution in [1.29, 1.82) is 0 Å². The number of fused-ring (bicyclic) bond motifs is 1. The van der Waals surface area contributed by atoms with Crippen LogP contribution in [0.1, 0.15) is 37.0 Å². The lowest BCUT2D eigenvalue weighted by Gasteiger charge is -2.22. The molecule has 0 spiro atoms. The largest absolute Gasteiger partial charge is 0.493 e. The van der Waals surface area contributed by atoms with E-state index in [1.807, 2.05) is 0 Å². The van der Waals surface area contributed by atoms with Gasteiger partial charge in [0.1, 0.15) is 6.10 Å². The third kappa shape index (κ3) is 3.49. The molecule has 2 rings (SSSR count). The maximum atomic E-state index is 11.5. The van der Waals surface area contributed by atoms with Crippen LogP contribution in [0, 0.1) is 0 Å². The predicted octanol–water partition coefficient (Wildman–Crippen LogP) is 3.33. The molecule has 0 bridgehead atoms. The molecule has 0 amide bonds. The zero-order valence-corrected chi connectivity index (χ0v) is 14.2. The first kappa shape index (κ1) is 17.7. The molecule has 24 heavy (non-hydrogen) atoms. The predicted molar refractivity (Wildman–Crippen MR) is 86.5 cm³/mol. The number of carbonyl (C=O) groups excluding carboxylic acids is 1. The minimum atomic E-state index is -0.538. The Bertz CT molecular complexity index is 670. The van der Waals surface area contributed by atoms with Crippen molar-refractivity contribution in [3.63, 3.8) is 0 Å². The molecule has 1 unspecified atom stereocenters. The molecule has 130 valence electrons. The van der Waals surface area contributed by atoms with Crippen LogP contribution in [0.4, 0.5) is 0 Å². The van der Waals surface area contributed by atoms with Crippen molar-refractivity contribution >= 4 is 5.97 Å². The summed E-state index contributed by atoms with van der Waals surface area (Å²) in [5, 5.41) is 3.81. The average molecular weight is 335 g/mol. The molecule has 0 heterocycles. The van der Waals surface area contributed by atoms with Crippen LogP contribution >= 0.6 is 0 Å². The first-order valence-electron chi connectivity index (χ1n) is 7.58. The number of esters is 1. The minimum Gasteiger partial charge on any atom is -0.493 e. The smallest absolute Gasteiger partial charge is 0.303 e. The van der Waals surface area contributed by atoms with Crippen LogP contribution in [0.25, 0.3) is 10.4 Å². The Kier molecular flexibility index (Phi) is 5.76. The van der Waals surface area contributed by atoms with E-state index < -0.39 is 12.1 Å². The Balaban J connectivity index is 2.62. The van der Waals surface area contributed by atoms with Gasteiger partial charge in [-0.3, -0.25) is 4.79 Å². The van der Waals surface area contributed by atoms with Gasteiger partial charge in [0.05, 0.1) is 21.3 Å². The van der Waals surface area contributed by atoms with Crippen LogP contribution in [0.5, 0.6) is 17.2 Å². The zero-order valence-electron chi connectivity index (χ0n) is 14.2. The van der Waals surface area contributed by atoms with Crippen LogP contribution in [0.2, 0.25) is 0 Å². The van der Waals surface area contributed by atoms with Crippen LogP contribution < -0.4 is 14.2 Å². The second kappa shape index (κ2) is 7.79. The lowest BCUT2D eigenvalue weighted by Crippen LogP contribution is -2.14. The summed E-state index contributed by atoms with van der Waals surface area (Å²) in [6, 6.07) is 1.52. The second-order valence-corrected chi connectivity index (χ2v) is 5.44. The molecule has 8 nitrogen and oxygen atoms in total. The summed E-state index contributed by atoms with van der Waals surface area (Å²) in [7, 11) is 4.62. The first-order chi connectivity index (χ1) is 11.5. The van der Waals surface area contributed by atoms with Crippen molar-refractivity contribution in [2.75, 3.05) is 21.3 Å². The SMILES string of the molecule is COc1cc2c(c(OC)c1OC)CC[C@@H](N=[N+]=[N-])CC2OC(C)=O. The van der Waals surface area contributed by atoms with Crippen LogP contribution in [-0.2, 0) is 16.0 Å². The summed E-state index contributed by atoms with van der Waals surface area (Å²) in [6.45, 7) is 1.35. The van der Waals surface area contributed by atoms with Crippen molar-refractivity contribution in [2.24, 2.45) is 5.11 Å². The molecule has 1 aliphatic rings. The number of nitrogens with zero attached hydrogens (tertiary/aromatic N) is 3. The van der Waals surface area contributed by atoms with E-state index in [-0.39, 0.29) is 6.04 Å². The van der Waals surface area contributed by atoms with Gasteiger partial charge in [-0.1, -0.05) is 5.11 Å². The summed E-state index contributed by atoms with van der Waals surface area (Å²) < 4.78 is 21.8. The maximum Gasteiger partial charge on any atom is 0.303 e. The zero-order chi connectivity index (χ0) is 17.7. The van der Waals surface area contributed by atoms with Gasteiger partial charge < -0.3 is 18.9 Å². The highest BCUT2D eigenvalue weighted by molar-refractivity contribution is 5.67. The van der Waals surface area contributed by atoms with Gasteiger partial charge in [0.15, 0.2) is 11.5 Å². The minimum absolute atomic E-state index is 0.270. The molecular formula is C16H21N3O5. The number of hydrogen-bond donors (Lipinski definition) is 0. The first-order valence-corrected chi connectivity index (χ1v) is 7.58. The monoisotopic (exact) mass is 335 g/mol. The number of methoxy groups -OCH3 is 3. The fourth-order valence-corrected chi connectivity index (χ4v) is 3.07. The molecule has 1 aliphatic carbocycles. The van der Waals surface area contributed by atoms with Gasteiger partial charge in [0, 0.05) is 29.0 Å². The van der Waals surface area contributed by atoms with Gasteiger partial charge in [0.2, 0.25) is 5.75 Å². The second-order valence-electron chi connectivity index (χ2n) is 5.44. The summed E-state index contributed by atoms with van der Waals surface area (Å²) in [4.78, 5) is 14.4. The van der Waals surface area contributed by atoms with Gasteiger partial charge >= 0.3 is 5.97 Å².